The Morgan fingerprint density at radius 1 is 0.857 bits per heavy atom. The standard InChI is InChI=1S/C19H25NO/c1-2-3-14-18(16-10-6-4-7-11-16)20-19(15-21)17-12-8-5-9-13-17/h4-13,18-21H,2-3,14-15H2,1H3. The molecule has 0 radical (unpaired) electrons. The first-order valence-corrected chi connectivity index (χ1v) is 7.82. The predicted molar refractivity (Wildman–Crippen MR) is 88.1 cm³/mol. The number of rotatable bonds is 8. The zero-order valence-electron chi connectivity index (χ0n) is 12.7. The molecule has 112 valence electrons. The van der Waals surface area contributed by atoms with Crippen molar-refractivity contribution in [2.24, 2.45) is 0 Å². The van der Waals surface area contributed by atoms with E-state index in [-0.39, 0.29) is 18.7 Å². The molecule has 21 heavy (non-hydrogen) atoms. The van der Waals surface area contributed by atoms with E-state index in [9.17, 15) is 5.11 Å². The van der Waals surface area contributed by atoms with Crippen molar-refractivity contribution < 1.29 is 5.11 Å². The molecule has 0 heterocycles. The highest BCUT2D eigenvalue weighted by atomic mass is 16.3. The summed E-state index contributed by atoms with van der Waals surface area (Å²) in [7, 11) is 0. The molecule has 0 aliphatic rings. The van der Waals surface area contributed by atoms with Crippen molar-refractivity contribution >= 4 is 0 Å². The first-order valence-electron chi connectivity index (χ1n) is 7.82. The molecular formula is C19H25NO. The Bertz CT molecular complexity index is 497. The fraction of sp³-hybridized carbons (Fsp3) is 0.368. The SMILES string of the molecule is CCCCC(NC(CO)c1ccccc1)c1ccccc1. The third-order valence-corrected chi connectivity index (χ3v) is 3.84. The van der Waals surface area contributed by atoms with Crippen molar-refractivity contribution in [3.8, 4) is 0 Å². The predicted octanol–water partition coefficient (Wildman–Crippen LogP) is 4.24. The third-order valence-electron chi connectivity index (χ3n) is 3.84. The Labute approximate surface area is 127 Å². The molecule has 0 aromatic heterocycles. The average Bonchev–Trinajstić information content (AvgIpc) is 2.57. The van der Waals surface area contributed by atoms with Gasteiger partial charge in [-0.3, -0.25) is 0 Å². The van der Waals surface area contributed by atoms with Crippen LogP contribution in [0, 0.1) is 0 Å². The van der Waals surface area contributed by atoms with Crippen molar-refractivity contribution in [2.45, 2.75) is 38.3 Å². The smallest absolute Gasteiger partial charge is 0.0626 e. The minimum Gasteiger partial charge on any atom is -0.394 e. The highest BCUT2D eigenvalue weighted by Gasteiger charge is 2.17. The molecule has 0 spiro atoms. The molecule has 0 saturated carbocycles. The van der Waals surface area contributed by atoms with Gasteiger partial charge in [-0.25, -0.2) is 0 Å². The summed E-state index contributed by atoms with van der Waals surface area (Å²) in [4.78, 5) is 0. The van der Waals surface area contributed by atoms with Crippen LogP contribution in [0.25, 0.3) is 0 Å². The van der Waals surface area contributed by atoms with Crippen LogP contribution in [0.3, 0.4) is 0 Å². The fourth-order valence-electron chi connectivity index (χ4n) is 2.62. The van der Waals surface area contributed by atoms with Gasteiger partial charge in [0.25, 0.3) is 0 Å². The quantitative estimate of drug-likeness (QED) is 0.759. The molecule has 0 aliphatic heterocycles. The zero-order valence-corrected chi connectivity index (χ0v) is 12.7. The lowest BCUT2D eigenvalue weighted by atomic mass is 9.98. The average molecular weight is 283 g/mol. The number of aliphatic hydroxyl groups excluding tert-OH is 1. The van der Waals surface area contributed by atoms with Crippen LogP contribution in [0.5, 0.6) is 0 Å². The molecule has 2 atom stereocenters. The molecule has 0 saturated heterocycles. The molecule has 0 fully saturated rings. The van der Waals surface area contributed by atoms with E-state index in [0.29, 0.717) is 0 Å². The van der Waals surface area contributed by atoms with Crippen LogP contribution >= 0.6 is 0 Å². The Balaban J connectivity index is 2.13. The summed E-state index contributed by atoms with van der Waals surface area (Å²) in [5.74, 6) is 0. The van der Waals surface area contributed by atoms with Gasteiger partial charge in [-0.15, -0.1) is 0 Å². The van der Waals surface area contributed by atoms with E-state index >= 15 is 0 Å². The number of aliphatic hydroxyl groups is 1. The number of benzene rings is 2. The monoisotopic (exact) mass is 283 g/mol. The van der Waals surface area contributed by atoms with Gasteiger partial charge in [0.15, 0.2) is 0 Å². The van der Waals surface area contributed by atoms with Gasteiger partial charge in [0.05, 0.1) is 12.6 Å². The van der Waals surface area contributed by atoms with Gasteiger partial charge in [0.1, 0.15) is 0 Å². The maximum absolute atomic E-state index is 9.74. The van der Waals surface area contributed by atoms with E-state index in [0.717, 1.165) is 12.0 Å². The van der Waals surface area contributed by atoms with E-state index < -0.39 is 0 Å². The minimum absolute atomic E-state index is 0.0201. The summed E-state index contributed by atoms with van der Waals surface area (Å²) < 4.78 is 0. The highest BCUT2D eigenvalue weighted by molar-refractivity contribution is 5.22. The molecule has 2 aromatic carbocycles. The van der Waals surface area contributed by atoms with Crippen molar-refractivity contribution in [2.75, 3.05) is 6.61 Å². The summed E-state index contributed by atoms with van der Waals surface area (Å²) >= 11 is 0. The number of nitrogens with one attached hydrogen (secondary N) is 1. The van der Waals surface area contributed by atoms with Crippen LogP contribution < -0.4 is 5.32 Å². The van der Waals surface area contributed by atoms with Crippen LogP contribution in [0.2, 0.25) is 0 Å². The van der Waals surface area contributed by atoms with E-state index in [2.05, 4.69) is 48.6 Å². The van der Waals surface area contributed by atoms with E-state index in [4.69, 9.17) is 0 Å². The summed E-state index contributed by atoms with van der Waals surface area (Å²) in [6, 6.07) is 20.9. The lowest BCUT2D eigenvalue weighted by Gasteiger charge is -2.25. The fourth-order valence-corrected chi connectivity index (χ4v) is 2.62. The number of hydrogen-bond donors (Lipinski definition) is 2. The normalized spacial score (nSPS) is 13.8. The largest absolute Gasteiger partial charge is 0.394 e. The molecule has 2 nitrogen and oxygen atoms in total. The summed E-state index contributed by atoms with van der Waals surface area (Å²) in [5, 5.41) is 13.4. The van der Waals surface area contributed by atoms with E-state index in [1.54, 1.807) is 0 Å². The van der Waals surface area contributed by atoms with Gasteiger partial charge in [0, 0.05) is 6.04 Å². The van der Waals surface area contributed by atoms with Gasteiger partial charge < -0.3 is 10.4 Å². The van der Waals surface area contributed by atoms with Crippen LogP contribution in [0.15, 0.2) is 60.7 Å². The maximum atomic E-state index is 9.74. The summed E-state index contributed by atoms with van der Waals surface area (Å²) in [6.07, 6.45) is 3.45. The zero-order chi connectivity index (χ0) is 14.9. The van der Waals surface area contributed by atoms with Crippen LogP contribution in [0.4, 0.5) is 0 Å². The van der Waals surface area contributed by atoms with Gasteiger partial charge in [-0.05, 0) is 17.5 Å². The first-order chi connectivity index (χ1) is 10.3. The Morgan fingerprint density at radius 2 is 1.38 bits per heavy atom. The Kier molecular flexibility index (Phi) is 6.45. The third kappa shape index (κ3) is 4.69. The van der Waals surface area contributed by atoms with E-state index in [1.165, 1.54) is 18.4 Å². The van der Waals surface area contributed by atoms with Crippen molar-refractivity contribution in [3.05, 3.63) is 71.8 Å². The van der Waals surface area contributed by atoms with Crippen molar-refractivity contribution in [3.63, 3.8) is 0 Å². The molecule has 2 aromatic rings. The molecule has 2 N–H and O–H groups in total. The van der Waals surface area contributed by atoms with Crippen LogP contribution in [-0.4, -0.2) is 11.7 Å². The molecular weight excluding hydrogens is 258 g/mol. The minimum atomic E-state index is -0.0201. The second-order valence-corrected chi connectivity index (χ2v) is 5.42. The van der Waals surface area contributed by atoms with Gasteiger partial charge in [0.2, 0.25) is 0 Å². The van der Waals surface area contributed by atoms with E-state index in [1.807, 2.05) is 24.3 Å². The van der Waals surface area contributed by atoms with Gasteiger partial charge in [-0.1, -0.05) is 80.4 Å². The number of unbranched alkanes of at least 4 members (excludes halogenated alkanes) is 1. The molecule has 2 unspecified atom stereocenters. The van der Waals surface area contributed by atoms with Crippen molar-refractivity contribution in [1.29, 1.82) is 0 Å². The van der Waals surface area contributed by atoms with Crippen molar-refractivity contribution in [1.82, 2.24) is 5.32 Å². The second-order valence-electron chi connectivity index (χ2n) is 5.42. The lowest BCUT2D eigenvalue weighted by molar-refractivity contribution is 0.230. The summed E-state index contributed by atoms with van der Waals surface area (Å²) in [5.41, 5.74) is 2.43. The molecule has 0 aliphatic carbocycles. The van der Waals surface area contributed by atoms with Gasteiger partial charge >= 0.3 is 0 Å². The summed E-state index contributed by atoms with van der Waals surface area (Å²) in [6.45, 7) is 2.32. The Hall–Kier alpha value is -1.64. The molecule has 2 heteroatoms. The highest BCUT2D eigenvalue weighted by Crippen LogP contribution is 2.24. The molecule has 0 bridgehead atoms. The Morgan fingerprint density at radius 3 is 1.86 bits per heavy atom. The van der Waals surface area contributed by atoms with Gasteiger partial charge in [-0.2, -0.15) is 0 Å². The molecule has 0 amide bonds. The topological polar surface area (TPSA) is 32.3 Å². The maximum Gasteiger partial charge on any atom is 0.0626 e. The lowest BCUT2D eigenvalue weighted by Crippen LogP contribution is -2.29. The number of hydrogen-bond acceptors (Lipinski definition) is 2. The van der Waals surface area contributed by atoms with Crippen LogP contribution in [-0.2, 0) is 0 Å². The second kappa shape index (κ2) is 8.60. The van der Waals surface area contributed by atoms with Crippen LogP contribution in [0.1, 0.15) is 49.4 Å². The first kappa shape index (κ1) is 15.7. The molecule has 2 rings (SSSR count).